The average molecular weight is 266 g/mol. The molecule has 0 aliphatic heterocycles. The van der Waals surface area contributed by atoms with Crippen LogP contribution in [0.2, 0.25) is 0 Å². The number of rotatable bonds is 2. The predicted octanol–water partition coefficient (Wildman–Crippen LogP) is 3.86. The quantitative estimate of drug-likeness (QED) is 0.771. The number of aryl methyl sites for hydroxylation is 2. The Morgan fingerprint density at radius 1 is 1.15 bits per heavy atom. The Hall–Kier alpha value is -2.09. The Balaban J connectivity index is 2.05. The molecule has 0 aromatic heterocycles. The zero-order chi connectivity index (χ0) is 14.1. The molecule has 0 radical (unpaired) electrons. The highest BCUT2D eigenvalue weighted by Gasteiger charge is 2.26. The van der Waals surface area contributed by atoms with E-state index in [4.69, 9.17) is 4.74 Å². The van der Waals surface area contributed by atoms with Gasteiger partial charge < -0.3 is 4.74 Å². The van der Waals surface area contributed by atoms with Crippen LogP contribution < -0.4 is 0 Å². The first-order valence-electron chi connectivity index (χ1n) is 6.97. The normalized spacial score (nSPS) is 16.8. The molecular weight excluding hydrogens is 248 g/mol. The van der Waals surface area contributed by atoms with Gasteiger partial charge in [-0.15, -0.1) is 0 Å². The Kier molecular flexibility index (Phi) is 3.31. The van der Waals surface area contributed by atoms with Crippen LogP contribution in [0.15, 0.2) is 42.5 Å². The molecule has 20 heavy (non-hydrogen) atoms. The Labute approximate surface area is 119 Å². The van der Waals surface area contributed by atoms with E-state index in [1.54, 1.807) is 0 Å². The third-order valence-corrected chi connectivity index (χ3v) is 4.21. The fraction of sp³-hybridized carbons (Fsp3) is 0.278. The molecule has 3 rings (SSSR count). The van der Waals surface area contributed by atoms with Crippen molar-refractivity contribution in [3.63, 3.8) is 0 Å². The highest BCUT2D eigenvalue weighted by Crippen LogP contribution is 2.39. The van der Waals surface area contributed by atoms with E-state index in [1.807, 2.05) is 12.1 Å². The number of benzene rings is 2. The first-order valence-corrected chi connectivity index (χ1v) is 6.97. The van der Waals surface area contributed by atoms with Crippen molar-refractivity contribution in [1.29, 1.82) is 0 Å². The molecule has 2 aromatic carbocycles. The van der Waals surface area contributed by atoms with Gasteiger partial charge >= 0.3 is 5.97 Å². The van der Waals surface area contributed by atoms with Gasteiger partial charge in [0.25, 0.3) is 0 Å². The zero-order valence-corrected chi connectivity index (χ0v) is 11.8. The molecular formula is C18H18O2. The lowest BCUT2D eigenvalue weighted by molar-refractivity contribution is 0.0600. The number of ether oxygens (including phenoxy) is 1. The number of hydrogen-bond acceptors (Lipinski definition) is 2. The Morgan fingerprint density at radius 3 is 2.70 bits per heavy atom. The fourth-order valence-electron chi connectivity index (χ4n) is 3.15. The molecule has 1 unspecified atom stereocenters. The highest BCUT2D eigenvalue weighted by atomic mass is 16.5. The summed E-state index contributed by atoms with van der Waals surface area (Å²) in [5, 5.41) is 0. The molecule has 0 bridgehead atoms. The molecule has 0 heterocycles. The van der Waals surface area contributed by atoms with E-state index in [-0.39, 0.29) is 5.97 Å². The molecule has 0 N–H and O–H groups in total. The average Bonchev–Trinajstić information content (AvgIpc) is 2.90. The van der Waals surface area contributed by atoms with E-state index in [2.05, 4.69) is 37.3 Å². The van der Waals surface area contributed by atoms with Gasteiger partial charge in [0, 0.05) is 5.92 Å². The van der Waals surface area contributed by atoms with Crippen LogP contribution in [0.5, 0.6) is 0 Å². The van der Waals surface area contributed by atoms with Crippen LogP contribution in [-0.4, -0.2) is 13.1 Å². The van der Waals surface area contributed by atoms with Crippen LogP contribution in [0, 0.1) is 6.92 Å². The van der Waals surface area contributed by atoms with Crippen molar-refractivity contribution in [1.82, 2.24) is 0 Å². The van der Waals surface area contributed by atoms with E-state index >= 15 is 0 Å². The first-order chi connectivity index (χ1) is 9.70. The Bertz CT molecular complexity index is 658. The van der Waals surface area contributed by atoms with Crippen molar-refractivity contribution < 1.29 is 9.53 Å². The van der Waals surface area contributed by atoms with Gasteiger partial charge in [-0.2, -0.15) is 0 Å². The van der Waals surface area contributed by atoms with Crippen LogP contribution >= 0.6 is 0 Å². The Morgan fingerprint density at radius 2 is 1.95 bits per heavy atom. The fourth-order valence-corrected chi connectivity index (χ4v) is 3.15. The lowest BCUT2D eigenvalue weighted by Gasteiger charge is -2.15. The molecule has 102 valence electrons. The number of methoxy groups -OCH3 is 1. The third-order valence-electron chi connectivity index (χ3n) is 4.21. The van der Waals surface area contributed by atoms with Crippen LogP contribution in [0.1, 0.15) is 45.0 Å². The minimum Gasteiger partial charge on any atom is -0.465 e. The molecule has 1 aliphatic carbocycles. The van der Waals surface area contributed by atoms with Crippen molar-refractivity contribution in [2.45, 2.75) is 25.7 Å². The summed E-state index contributed by atoms with van der Waals surface area (Å²) in [5.41, 5.74) is 5.96. The second kappa shape index (κ2) is 5.12. The second-order valence-corrected chi connectivity index (χ2v) is 5.35. The lowest BCUT2D eigenvalue weighted by atomic mass is 9.89. The summed E-state index contributed by atoms with van der Waals surface area (Å²) in [6, 6.07) is 14.4. The van der Waals surface area contributed by atoms with E-state index in [1.165, 1.54) is 29.4 Å². The summed E-state index contributed by atoms with van der Waals surface area (Å²) in [4.78, 5) is 11.7. The summed E-state index contributed by atoms with van der Waals surface area (Å²) < 4.78 is 4.82. The smallest absolute Gasteiger partial charge is 0.337 e. The van der Waals surface area contributed by atoms with E-state index in [0.717, 1.165) is 12.8 Å². The maximum absolute atomic E-state index is 11.7. The second-order valence-electron chi connectivity index (χ2n) is 5.35. The number of carbonyl (C=O) groups excluding carboxylic acids is 1. The van der Waals surface area contributed by atoms with E-state index < -0.39 is 0 Å². The van der Waals surface area contributed by atoms with E-state index in [9.17, 15) is 4.79 Å². The van der Waals surface area contributed by atoms with Crippen molar-refractivity contribution in [2.75, 3.05) is 7.11 Å². The van der Waals surface area contributed by atoms with Crippen LogP contribution in [-0.2, 0) is 11.2 Å². The van der Waals surface area contributed by atoms with Gasteiger partial charge in [-0.25, -0.2) is 4.79 Å². The third kappa shape index (κ3) is 2.11. The summed E-state index contributed by atoms with van der Waals surface area (Å²) in [6.45, 7) is 2.15. The van der Waals surface area contributed by atoms with Gasteiger partial charge in [-0.3, -0.25) is 0 Å². The standard InChI is InChI=1S/C18H18O2/c1-12-5-3-4-6-15(12)16-10-9-13-7-8-14(11-17(13)16)18(19)20-2/h3-8,11,16H,9-10H2,1-2H3. The SMILES string of the molecule is COC(=O)c1ccc2c(c1)C(c1ccccc1C)CC2. The van der Waals surface area contributed by atoms with Crippen molar-refractivity contribution in [2.24, 2.45) is 0 Å². The van der Waals surface area contributed by atoms with Gasteiger partial charge in [-0.1, -0.05) is 30.3 Å². The number of fused-ring (bicyclic) bond motifs is 1. The van der Waals surface area contributed by atoms with Gasteiger partial charge in [0.15, 0.2) is 0 Å². The molecule has 2 aromatic rings. The molecule has 0 saturated heterocycles. The molecule has 0 amide bonds. The van der Waals surface area contributed by atoms with Crippen molar-refractivity contribution in [3.05, 3.63) is 70.3 Å². The lowest BCUT2D eigenvalue weighted by Crippen LogP contribution is -2.04. The minimum atomic E-state index is -0.261. The maximum atomic E-state index is 11.7. The molecule has 0 saturated carbocycles. The molecule has 0 fully saturated rings. The summed E-state index contributed by atoms with van der Waals surface area (Å²) in [6.07, 6.45) is 2.20. The maximum Gasteiger partial charge on any atom is 0.337 e. The molecule has 1 aliphatic rings. The molecule has 0 spiro atoms. The number of hydrogen-bond donors (Lipinski definition) is 0. The minimum absolute atomic E-state index is 0.261. The number of esters is 1. The zero-order valence-electron chi connectivity index (χ0n) is 11.8. The van der Waals surface area contributed by atoms with E-state index in [0.29, 0.717) is 11.5 Å². The monoisotopic (exact) mass is 266 g/mol. The van der Waals surface area contributed by atoms with Gasteiger partial charge in [0.2, 0.25) is 0 Å². The summed E-state index contributed by atoms with van der Waals surface area (Å²) >= 11 is 0. The van der Waals surface area contributed by atoms with Crippen molar-refractivity contribution in [3.8, 4) is 0 Å². The highest BCUT2D eigenvalue weighted by molar-refractivity contribution is 5.89. The first kappa shape index (κ1) is 12.9. The largest absolute Gasteiger partial charge is 0.465 e. The van der Waals surface area contributed by atoms with Crippen LogP contribution in [0.25, 0.3) is 0 Å². The van der Waals surface area contributed by atoms with Gasteiger partial charge in [-0.05, 0) is 54.2 Å². The predicted molar refractivity (Wildman–Crippen MR) is 79.1 cm³/mol. The van der Waals surface area contributed by atoms with Crippen molar-refractivity contribution >= 4 is 5.97 Å². The van der Waals surface area contributed by atoms with Gasteiger partial charge in [0.1, 0.15) is 0 Å². The topological polar surface area (TPSA) is 26.3 Å². The van der Waals surface area contributed by atoms with Gasteiger partial charge in [0.05, 0.1) is 12.7 Å². The number of carbonyl (C=O) groups is 1. The summed E-state index contributed by atoms with van der Waals surface area (Å²) in [7, 11) is 1.42. The van der Waals surface area contributed by atoms with Crippen LogP contribution in [0.4, 0.5) is 0 Å². The molecule has 1 atom stereocenters. The summed E-state index contributed by atoms with van der Waals surface area (Å²) in [5.74, 6) is 0.138. The van der Waals surface area contributed by atoms with Crippen LogP contribution in [0.3, 0.4) is 0 Å². The molecule has 2 heteroatoms. The molecule has 2 nitrogen and oxygen atoms in total.